The molecule has 14 heavy (non-hydrogen) atoms. The van der Waals surface area contributed by atoms with Gasteiger partial charge in [0.05, 0.1) is 4.75 Å². The summed E-state index contributed by atoms with van der Waals surface area (Å²) in [7, 11) is -3.42. The Labute approximate surface area is 84.1 Å². The molecule has 0 fully saturated rings. The van der Waals surface area contributed by atoms with Crippen LogP contribution in [0, 0.1) is 0 Å². The van der Waals surface area contributed by atoms with Crippen molar-refractivity contribution in [3.63, 3.8) is 0 Å². The van der Waals surface area contributed by atoms with Crippen LogP contribution in [0.3, 0.4) is 0 Å². The van der Waals surface area contributed by atoms with Gasteiger partial charge >= 0.3 is 0 Å². The lowest BCUT2D eigenvalue weighted by Gasteiger charge is -2.21. The molecule has 0 aliphatic heterocycles. The first-order valence-corrected chi connectivity index (χ1v) is 5.76. The number of hydrogen-bond acceptors (Lipinski definition) is 4. The molecule has 0 bridgehead atoms. The maximum Gasteiger partial charge on any atom is 0.201 e. The maximum atomic E-state index is 11.9. The Morgan fingerprint density at radius 1 is 1.43 bits per heavy atom. The molecule has 0 amide bonds. The summed E-state index contributed by atoms with van der Waals surface area (Å²) < 4.78 is 22.9. The highest BCUT2D eigenvalue weighted by Gasteiger charge is 2.35. The van der Waals surface area contributed by atoms with E-state index in [4.69, 9.17) is 5.73 Å². The topological polar surface area (TPSA) is 73.1 Å². The first-order chi connectivity index (χ1) is 6.42. The van der Waals surface area contributed by atoms with Crippen molar-refractivity contribution in [1.29, 1.82) is 0 Å². The maximum absolute atomic E-state index is 11.9. The molecule has 0 atom stereocenters. The molecule has 0 spiro atoms. The summed E-state index contributed by atoms with van der Waals surface area (Å²) in [6.07, 6.45) is 1.46. The molecule has 5 heteroatoms. The average Bonchev–Trinajstić information content (AvgIpc) is 2.19. The fraction of sp³-hybridized carbons (Fsp3) is 0.444. The van der Waals surface area contributed by atoms with Gasteiger partial charge in [0, 0.05) is 12.7 Å². The van der Waals surface area contributed by atoms with E-state index in [-0.39, 0.29) is 11.6 Å². The third kappa shape index (κ3) is 1.78. The van der Waals surface area contributed by atoms with Gasteiger partial charge in [0.1, 0.15) is 0 Å². The van der Waals surface area contributed by atoms with Gasteiger partial charge < -0.3 is 5.73 Å². The number of rotatable bonds is 3. The number of hydrogen-bond donors (Lipinski definition) is 1. The first kappa shape index (κ1) is 11.1. The molecule has 0 saturated carbocycles. The van der Waals surface area contributed by atoms with Gasteiger partial charge in [-0.05, 0) is 26.0 Å². The third-order valence-corrected chi connectivity index (χ3v) is 4.55. The van der Waals surface area contributed by atoms with Crippen molar-refractivity contribution in [2.75, 3.05) is 6.54 Å². The molecular weight excluding hydrogens is 200 g/mol. The molecule has 0 radical (unpaired) electrons. The fourth-order valence-corrected chi connectivity index (χ4v) is 2.14. The molecule has 0 aliphatic rings. The summed E-state index contributed by atoms with van der Waals surface area (Å²) in [5, 5.41) is 0.0791. The molecule has 0 unspecified atom stereocenters. The van der Waals surface area contributed by atoms with Crippen molar-refractivity contribution >= 4 is 9.84 Å². The summed E-state index contributed by atoms with van der Waals surface area (Å²) in [5.41, 5.74) is 5.42. The summed E-state index contributed by atoms with van der Waals surface area (Å²) in [6, 6.07) is 4.80. The van der Waals surface area contributed by atoms with Crippen LogP contribution in [0.15, 0.2) is 29.4 Å². The van der Waals surface area contributed by atoms with Crippen LogP contribution in [0.1, 0.15) is 13.8 Å². The molecule has 0 aromatic carbocycles. The Morgan fingerprint density at radius 2 is 2.07 bits per heavy atom. The third-order valence-electron chi connectivity index (χ3n) is 2.13. The van der Waals surface area contributed by atoms with Crippen LogP contribution < -0.4 is 5.73 Å². The van der Waals surface area contributed by atoms with Gasteiger partial charge in [-0.15, -0.1) is 0 Å². The van der Waals surface area contributed by atoms with Crippen LogP contribution >= 0.6 is 0 Å². The zero-order valence-corrected chi connectivity index (χ0v) is 9.08. The van der Waals surface area contributed by atoms with Crippen molar-refractivity contribution in [1.82, 2.24) is 4.98 Å². The van der Waals surface area contributed by atoms with Gasteiger partial charge in [0.25, 0.3) is 0 Å². The van der Waals surface area contributed by atoms with Crippen molar-refractivity contribution in [3.05, 3.63) is 24.4 Å². The monoisotopic (exact) mass is 214 g/mol. The zero-order valence-electron chi connectivity index (χ0n) is 8.27. The zero-order chi connectivity index (χ0) is 10.8. The Bertz CT molecular complexity index is 398. The minimum Gasteiger partial charge on any atom is -0.329 e. The van der Waals surface area contributed by atoms with E-state index >= 15 is 0 Å². The predicted molar refractivity (Wildman–Crippen MR) is 54.6 cm³/mol. The van der Waals surface area contributed by atoms with Gasteiger partial charge in [-0.25, -0.2) is 13.4 Å². The highest BCUT2D eigenvalue weighted by Crippen LogP contribution is 2.22. The summed E-state index contributed by atoms with van der Waals surface area (Å²) in [6.45, 7) is 3.26. The van der Waals surface area contributed by atoms with Gasteiger partial charge in [-0.1, -0.05) is 6.07 Å². The van der Waals surface area contributed by atoms with Crippen LogP contribution in [0.4, 0.5) is 0 Å². The quantitative estimate of drug-likeness (QED) is 0.799. The Kier molecular flexibility index (Phi) is 2.92. The van der Waals surface area contributed by atoms with Gasteiger partial charge in [0.15, 0.2) is 5.03 Å². The summed E-state index contributed by atoms with van der Waals surface area (Å²) in [5.74, 6) is 0. The highest BCUT2D eigenvalue weighted by molar-refractivity contribution is 7.92. The van der Waals surface area contributed by atoms with Crippen LogP contribution in [-0.4, -0.2) is 24.7 Å². The molecule has 1 aromatic rings. The normalized spacial score (nSPS) is 12.8. The molecule has 0 aliphatic carbocycles. The molecule has 78 valence electrons. The lowest BCUT2D eigenvalue weighted by molar-refractivity contribution is 0.545. The number of pyridine rings is 1. The molecule has 1 rings (SSSR count). The summed E-state index contributed by atoms with van der Waals surface area (Å²) in [4.78, 5) is 3.82. The van der Waals surface area contributed by atoms with Crippen molar-refractivity contribution < 1.29 is 8.42 Å². The smallest absolute Gasteiger partial charge is 0.201 e. The SMILES string of the molecule is CC(C)(CN)S(=O)(=O)c1ccccn1. The van der Waals surface area contributed by atoms with E-state index < -0.39 is 14.6 Å². The van der Waals surface area contributed by atoms with E-state index in [0.717, 1.165) is 0 Å². The lowest BCUT2D eigenvalue weighted by atomic mass is 10.2. The molecule has 0 saturated heterocycles. The highest BCUT2D eigenvalue weighted by atomic mass is 32.2. The minimum atomic E-state index is -3.42. The predicted octanol–water partition coefficient (Wildman–Crippen LogP) is 0.593. The summed E-state index contributed by atoms with van der Waals surface area (Å²) >= 11 is 0. The Hall–Kier alpha value is -0.940. The van der Waals surface area contributed by atoms with E-state index in [1.807, 2.05) is 0 Å². The molecule has 2 N–H and O–H groups in total. The average molecular weight is 214 g/mol. The molecule has 1 heterocycles. The molecular formula is C9H14N2O2S. The number of nitrogens with two attached hydrogens (primary N) is 1. The van der Waals surface area contributed by atoms with Crippen molar-refractivity contribution in [3.8, 4) is 0 Å². The van der Waals surface area contributed by atoms with Gasteiger partial charge in [-0.3, -0.25) is 0 Å². The van der Waals surface area contributed by atoms with Crippen LogP contribution in [-0.2, 0) is 9.84 Å². The largest absolute Gasteiger partial charge is 0.329 e. The number of sulfone groups is 1. The van der Waals surface area contributed by atoms with Crippen LogP contribution in [0.2, 0.25) is 0 Å². The van der Waals surface area contributed by atoms with Crippen molar-refractivity contribution in [2.45, 2.75) is 23.6 Å². The van der Waals surface area contributed by atoms with E-state index in [1.165, 1.54) is 12.3 Å². The van der Waals surface area contributed by atoms with Crippen molar-refractivity contribution in [2.24, 2.45) is 5.73 Å². The van der Waals surface area contributed by atoms with Crippen LogP contribution in [0.25, 0.3) is 0 Å². The standard InChI is InChI=1S/C9H14N2O2S/c1-9(2,7-10)14(12,13)8-5-3-4-6-11-8/h3-6H,7,10H2,1-2H3. The molecule has 1 aromatic heterocycles. The first-order valence-electron chi connectivity index (χ1n) is 4.27. The van der Waals surface area contributed by atoms with E-state index in [0.29, 0.717) is 0 Å². The Balaban J connectivity index is 3.23. The second-order valence-electron chi connectivity index (χ2n) is 3.64. The van der Waals surface area contributed by atoms with E-state index in [1.54, 1.807) is 26.0 Å². The van der Waals surface area contributed by atoms with Gasteiger partial charge in [0.2, 0.25) is 9.84 Å². The minimum absolute atomic E-state index is 0.0753. The van der Waals surface area contributed by atoms with Crippen LogP contribution in [0.5, 0.6) is 0 Å². The van der Waals surface area contributed by atoms with Gasteiger partial charge in [-0.2, -0.15) is 0 Å². The number of nitrogens with zero attached hydrogens (tertiary/aromatic N) is 1. The fourth-order valence-electron chi connectivity index (χ4n) is 0.899. The Morgan fingerprint density at radius 3 is 2.50 bits per heavy atom. The number of aromatic nitrogens is 1. The van der Waals surface area contributed by atoms with E-state index in [2.05, 4.69) is 4.98 Å². The van der Waals surface area contributed by atoms with E-state index in [9.17, 15) is 8.42 Å². The molecule has 4 nitrogen and oxygen atoms in total. The lowest BCUT2D eigenvalue weighted by Crippen LogP contribution is -2.40. The second-order valence-corrected chi connectivity index (χ2v) is 6.17. The second kappa shape index (κ2) is 3.67.